The molecule has 0 aromatic carbocycles. The molecule has 24 heavy (non-hydrogen) atoms. The van der Waals surface area contributed by atoms with Crippen molar-refractivity contribution in [3.63, 3.8) is 0 Å². The molecule has 0 amide bonds. The summed E-state index contributed by atoms with van der Waals surface area (Å²) < 4.78 is 6.40. The van der Waals surface area contributed by atoms with Gasteiger partial charge in [-0.1, -0.05) is 6.07 Å². The summed E-state index contributed by atoms with van der Waals surface area (Å²) in [5.74, 6) is -0.377. The van der Waals surface area contributed by atoms with E-state index in [1.54, 1.807) is 29.0 Å². The molecule has 1 aliphatic heterocycles. The molecule has 1 fully saturated rings. The molecule has 0 aliphatic carbocycles. The van der Waals surface area contributed by atoms with Gasteiger partial charge in [0.1, 0.15) is 5.01 Å². The van der Waals surface area contributed by atoms with Gasteiger partial charge in [0, 0.05) is 30.7 Å². The molecule has 0 radical (unpaired) electrons. The Morgan fingerprint density at radius 1 is 1.46 bits per heavy atom. The number of carbonyl (C=O) groups is 1. The largest absolute Gasteiger partial charge is 0.464 e. The number of esters is 1. The fourth-order valence-electron chi connectivity index (χ4n) is 3.12. The summed E-state index contributed by atoms with van der Waals surface area (Å²) in [4.78, 5) is 31.1. The van der Waals surface area contributed by atoms with Crippen molar-refractivity contribution >= 4 is 17.3 Å². The van der Waals surface area contributed by atoms with Crippen molar-refractivity contribution in [1.29, 1.82) is 0 Å². The van der Waals surface area contributed by atoms with Gasteiger partial charge in [0.25, 0.3) is 0 Å². The lowest BCUT2D eigenvalue weighted by molar-refractivity contribution is 0.0593. The summed E-state index contributed by atoms with van der Waals surface area (Å²) in [5.41, 5.74) is 1.52. The molecule has 2 aromatic heterocycles. The number of hydrogen-bond acceptors (Lipinski definition) is 6. The average molecular weight is 347 g/mol. The van der Waals surface area contributed by atoms with Gasteiger partial charge in [-0.05, 0) is 31.9 Å². The van der Waals surface area contributed by atoms with Crippen molar-refractivity contribution in [3.8, 4) is 0 Å². The van der Waals surface area contributed by atoms with Crippen molar-refractivity contribution in [1.82, 2.24) is 14.5 Å². The number of likely N-dealkylation sites (tertiary alicyclic amines) is 1. The molecule has 0 N–H and O–H groups in total. The fraction of sp³-hybridized carbons (Fsp3) is 0.471. The second-order valence-corrected chi connectivity index (χ2v) is 7.30. The van der Waals surface area contributed by atoms with Crippen LogP contribution in [0.1, 0.15) is 44.8 Å². The summed E-state index contributed by atoms with van der Waals surface area (Å²) in [7, 11) is 3.14. The Morgan fingerprint density at radius 3 is 2.96 bits per heavy atom. The quantitative estimate of drug-likeness (QED) is 0.794. The smallest absolute Gasteiger partial charge is 0.357 e. The van der Waals surface area contributed by atoms with Gasteiger partial charge in [0.2, 0.25) is 5.56 Å². The highest BCUT2D eigenvalue weighted by atomic mass is 32.1. The van der Waals surface area contributed by atoms with Crippen molar-refractivity contribution in [2.45, 2.75) is 32.4 Å². The van der Waals surface area contributed by atoms with Crippen molar-refractivity contribution in [2.24, 2.45) is 7.05 Å². The first-order chi connectivity index (χ1) is 11.5. The van der Waals surface area contributed by atoms with Gasteiger partial charge in [-0.25, -0.2) is 9.78 Å². The van der Waals surface area contributed by atoms with Crippen molar-refractivity contribution in [2.75, 3.05) is 13.7 Å². The zero-order valence-electron chi connectivity index (χ0n) is 14.1. The maximum absolute atomic E-state index is 11.8. The van der Waals surface area contributed by atoms with E-state index in [1.807, 2.05) is 19.2 Å². The van der Waals surface area contributed by atoms with Gasteiger partial charge in [0.05, 0.1) is 13.2 Å². The number of pyridine rings is 1. The zero-order valence-corrected chi connectivity index (χ0v) is 14.9. The minimum Gasteiger partial charge on any atom is -0.464 e. The van der Waals surface area contributed by atoms with E-state index in [-0.39, 0.29) is 17.6 Å². The van der Waals surface area contributed by atoms with Crippen LogP contribution in [0.25, 0.3) is 0 Å². The van der Waals surface area contributed by atoms with E-state index < -0.39 is 0 Å². The minimum atomic E-state index is -0.377. The van der Waals surface area contributed by atoms with Gasteiger partial charge in [-0.15, -0.1) is 11.3 Å². The van der Waals surface area contributed by atoms with Crippen LogP contribution < -0.4 is 5.56 Å². The molecule has 0 spiro atoms. The zero-order chi connectivity index (χ0) is 17.3. The Bertz CT molecular complexity index is 812. The van der Waals surface area contributed by atoms with Gasteiger partial charge < -0.3 is 9.30 Å². The Balaban J connectivity index is 1.81. The number of aryl methyl sites for hydroxylation is 2. The number of thiazole rings is 1. The normalized spacial score (nSPS) is 18.0. The SMILES string of the molecule is COC(=O)c1nc(C2CCCN2Cc2ccc(=O)n(C)c2)sc1C. The maximum Gasteiger partial charge on any atom is 0.357 e. The number of aromatic nitrogens is 2. The molecular formula is C17H21N3O3S. The predicted octanol–water partition coefficient (Wildman–Crippen LogP) is 2.27. The summed E-state index contributed by atoms with van der Waals surface area (Å²) >= 11 is 1.57. The molecular weight excluding hydrogens is 326 g/mol. The highest BCUT2D eigenvalue weighted by Crippen LogP contribution is 2.36. The van der Waals surface area contributed by atoms with Crippen LogP contribution >= 0.6 is 11.3 Å². The van der Waals surface area contributed by atoms with Gasteiger partial charge in [0.15, 0.2) is 5.69 Å². The number of carbonyl (C=O) groups excluding carboxylic acids is 1. The lowest BCUT2D eigenvalue weighted by atomic mass is 10.2. The maximum atomic E-state index is 11.8. The molecule has 2 aromatic rings. The third-order valence-electron chi connectivity index (χ3n) is 4.37. The Kier molecular flexibility index (Phi) is 4.82. The number of rotatable bonds is 4. The van der Waals surface area contributed by atoms with Crippen LogP contribution in [-0.2, 0) is 18.3 Å². The van der Waals surface area contributed by atoms with Crippen LogP contribution in [0.15, 0.2) is 23.1 Å². The molecule has 6 nitrogen and oxygen atoms in total. The summed E-state index contributed by atoms with van der Waals surface area (Å²) in [6.07, 6.45) is 4.01. The highest BCUT2D eigenvalue weighted by Gasteiger charge is 2.30. The summed E-state index contributed by atoms with van der Waals surface area (Å²) in [6, 6.07) is 3.69. The van der Waals surface area contributed by atoms with Crippen LogP contribution in [0.2, 0.25) is 0 Å². The average Bonchev–Trinajstić information content (AvgIpc) is 3.16. The van der Waals surface area contributed by atoms with Crippen molar-refractivity contribution in [3.05, 3.63) is 49.8 Å². The van der Waals surface area contributed by atoms with Crippen LogP contribution in [0, 0.1) is 6.92 Å². The van der Waals surface area contributed by atoms with Crippen LogP contribution in [0.3, 0.4) is 0 Å². The topological polar surface area (TPSA) is 64.4 Å². The van der Waals surface area contributed by atoms with E-state index in [2.05, 4.69) is 9.88 Å². The Hall–Kier alpha value is -1.99. The molecule has 0 saturated carbocycles. The highest BCUT2D eigenvalue weighted by molar-refractivity contribution is 7.11. The monoisotopic (exact) mass is 347 g/mol. The lowest BCUT2D eigenvalue weighted by Crippen LogP contribution is -2.24. The fourth-order valence-corrected chi connectivity index (χ4v) is 4.20. The molecule has 3 rings (SSSR count). The number of ether oxygens (including phenoxy) is 1. The summed E-state index contributed by atoms with van der Waals surface area (Å²) in [6.45, 7) is 3.66. The number of hydrogen-bond donors (Lipinski definition) is 0. The molecule has 1 unspecified atom stereocenters. The Morgan fingerprint density at radius 2 is 2.25 bits per heavy atom. The molecule has 3 heterocycles. The third kappa shape index (κ3) is 3.27. The predicted molar refractivity (Wildman–Crippen MR) is 92.3 cm³/mol. The molecule has 128 valence electrons. The molecule has 7 heteroatoms. The van der Waals surface area contributed by atoms with E-state index >= 15 is 0 Å². The first-order valence-corrected chi connectivity index (χ1v) is 8.76. The van der Waals surface area contributed by atoms with Crippen molar-refractivity contribution < 1.29 is 9.53 Å². The van der Waals surface area contributed by atoms with Crippen LogP contribution in [-0.4, -0.2) is 34.1 Å². The Labute approximate surface area is 144 Å². The summed E-state index contributed by atoms with van der Waals surface area (Å²) in [5, 5.41) is 0.968. The first-order valence-electron chi connectivity index (χ1n) is 7.95. The van der Waals surface area contributed by atoms with Gasteiger partial charge >= 0.3 is 5.97 Å². The lowest BCUT2D eigenvalue weighted by Gasteiger charge is -2.22. The van der Waals surface area contributed by atoms with E-state index in [9.17, 15) is 9.59 Å². The molecule has 0 bridgehead atoms. The number of methoxy groups -OCH3 is 1. The molecule has 1 saturated heterocycles. The van der Waals surface area contributed by atoms with E-state index in [1.165, 1.54) is 7.11 Å². The van der Waals surface area contributed by atoms with E-state index in [0.29, 0.717) is 5.69 Å². The molecule has 1 aliphatic rings. The standard InChI is InChI=1S/C17H21N3O3S/c1-11-15(17(22)23-3)18-16(24-11)13-5-4-8-20(13)10-12-6-7-14(21)19(2)9-12/h6-7,9,13H,4-5,8,10H2,1-3H3. The van der Waals surface area contributed by atoms with Crippen LogP contribution in [0.5, 0.6) is 0 Å². The van der Waals surface area contributed by atoms with E-state index in [0.717, 1.165) is 41.4 Å². The number of nitrogens with zero attached hydrogens (tertiary/aromatic N) is 3. The van der Waals surface area contributed by atoms with Crippen LogP contribution in [0.4, 0.5) is 0 Å². The second-order valence-electron chi connectivity index (χ2n) is 6.06. The van der Waals surface area contributed by atoms with Gasteiger partial charge in [-0.3, -0.25) is 9.69 Å². The second kappa shape index (κ2) is 6.86. The third-order valence-corrected chi connectivity index (χ3v) is 5.45. The first kappa shape index (κ1) is 16.9. The van der Waals surface area contributed by atoms with E-state index in [4.69, 9.17) is 4.74 Å². The minimum absolute atomic E-state index is 0.00464. The molecule has 1 atom stereocenters. The van der Waals surface area contributed by atoms with Gasteiger partial charge in [-0.2, -0.15) is 0 Å².